The fourth-order valence-electron chi connectivity index (χ4n) is 2.04. The Kier molecular flexibility index (Phi) is 3.91. The molecule has 3 heteroatoms. The number of aryl methyl sites for hydroxylation is 1. The quantitative estimate of drug-likeness (QED) is 0.769. The molecule has 0 aliphatic rings. The van der Waals surface area contributed by atoms with Crippen LogP contribution in [0.5, 0.6) is 5.75 Å². The molecule has 0 fully saturated rings. The summed E-state index contributed by atoms with van der Waals surface area (Å²) in [6.45, 7) is 3.55. The molecule has 2 aromatic rings. The molecule has 0 amide bonds. The molecule has 0 aliphatic carbocycles. The fraction of sp³-hybridized carbons (Fsp3) is 0.188. The third-order valence-corrected chi connectivity index (χ3v) is 3.39. The third-order valence-electron chi connectivity index (χ3n) is 3.10. The average molecular weight is 275 g/mol. The highest BCUT2D eigenvalue weighted by atomic mass is 35.5. The monoisotopic (exact) mass is 274 g/mol. The van der Waals surface area contributed by atoms with Gasteiger partial charge in [0.2, 0.25) is 0 Å². The molecule has 98 valence electrons. The molecule has 19 heavy (non-hydrogen) atoms. The second-order valence-electron chi connectivity index (χ2n) is 4.44. The van der Waals surface area contributed by atoms with Gasteiger partial charge in [-0.25, -0.2) is 0 Å². The van der Waals surface area contributed by atoms with Crippen molar-refractivity contribution in [2.45, 2.75) is 13.8 Å². The van der Waals surface area contributed by atoms with Crippen LogP contribution in [0.15, 0.2) is 36.4 Å². The van der Waals surface area contributed by atoms with E-state index in [-0.39, 0.29) is 5.78 Å². The number of halogens is 1. The zero-order chi connectivity index (χ0) is 14.0. The van der Waals surface area contributed by atoms with Crippen LogP contribution in [-0.4, -0.2) is 12.9 Å². The lowest BCUT2D eigenvalue weighted by Crippen LogP contribution is -1.94. The van der Waals surface area contributed by atoms with E-state index in [2.05, 4.69) is 0 Å². The van der Waals surface area contributed by atoms with Gasteiger partial charge in [-0.1, -0.05) is 29.8 Å². The minimum absolute atomic E-state index is 0.0717. The summed E-state index contributed by atoms with van der Waals surface area (Å²) in [7, 11) is 1.59. The zero-order valence-corrected chi connectivity index (χ0v) is 11.9. The summed E-state index contributed by atoms with van der Waals surface area (Å²) in [6.07, 6.45) is 0. The summed E-state index contributed by atoms with van der Waals surface area (Å²) in [5, 5.41) is 0.579. The number of ether oxygens (including phenoxy) is 1. The van der Waals surface area contributed by atoms with Gasteiger partial charge in [0.25, 0.3) is 0 Å². The van der Waals surface area contributed by atoms with Crippen molar-refractivity contribution >= 4 is 17.4 Å². The molecule has 0 saturated heterocycles. The molecule has 2 nitrogen and oxygen atoms in total. The summed E-state index contributed by atoms with van der Waals surface area (Å²) < 4.78 is 5.14. The Morgan fingerprint density at radius 3 is 2.42 bits per heavy atom. The highest BCUT2D eigenvalue weighted by Crippen LogP contribution is 2.31. The minimum Gasteiger partial charge on any atom is -0.495 e. The molecule has 0 radical (unpaired) electrons. The molecule has 0 bridgehead atoms. The molecule has 0 spiro atoms. The van der Waals surface area contributed by atoms with Gasteiger partial charge < -0.3 is 4.74 Å². The third kappa shape index (κ3) is 2.79. The average Bonchev–Trinajstić information content (AvgIpc) is 2.38. The van der Waals surface area contributed by atoms with Crippen molar-refractivity contribution in [3.8, 4) is 16.9 Å². The summed E-state index contributed by atoms with van der Waals surface area (Å²) in [5.41, 5.74) is 3.85. The van der Waals surface area contributed by atoms with Gasteiger partial charge in [0.1, 0.15) is 5.75 Å². The number of hydrogen-bond donors (Lipinski definition) is 0. The molecule has 0 heterocycles. The van der Waals surface area contributed by atoms with E-state index in [9.17, 15) is 4.79 Å². The first-order valence-electron chi connectivity index (χ1n) is 5.98. The standard InChI is InChI=1S/C16H15ClO2/c1-10-8-12(11(2)18)4-6-14(10)13-5-7-16(19-3)15(17)9-13/h4-9H,1-3H3. The van der Waals surface area contributed by atoms with E-state index >= 15 is 0 Å². The van der Waals surface area contributed by atoms with Crippen LogP contribution >= 0.6 is 11.6 Å². The number of carbonyl (C=O) groups is 1. The van der Waals surface area contributed by atoms with Gasteiger partial charge in [-0.05, 0) is 48.7 Å². The van der Waals surface area contributed by atoms with Gasteiger partial charge >= 0.3 is 0 Å². The highest BCUT2D eigenvalue weighted by Gasteiger charge is 2.08. The Morgan fingerprint density at radius 1 is 1.16 bits per heavy atom. The van der Waals surface area contributed by atoms with Crippen LogP contribution in [0.25, 0.3) is 11.1 Å². The van der Waals surface area contributed by atoms with Gasteiger partial charge in [0.05, 0.1) is 12.1 Å². The second-order valence-corrected chi connectivity index (χ2v) is 4.84. The predicted octanol–water partition coefficient (Wildman–Crippen LogP) is 4.53. The van der Waals surface area contributed by atoms with Gasteiger partial charge in [0, 0.05) is 5.56 Å². The van der Waals surface area contributed by atoms with Gasteiger partial charge in [-0.3, -0.25) is 4.79 Å². The van der Waals surface area contributed by atoms with Crippen molar-refractivity contribution in [2.75, 3.05) is 7.11 Å². The highest BCUT2D eigenvalue weighted by molar-refractivity contribution is 6.32. The van der Waals surface area contributed by atoms with Crippen molar-refractivity contribution in [1.82, 2.24) is 0 Å². The number of rotatable bonds is 3. The van der Waals surface area contributed by atoms with E-state index in [0.717, 1.165) is 22.3 Å². The first kappa shape index (κ1) is 13.6. The lowest BCUT2D eigenvalue weighted by atomic mass is 9.97. The van der Waals surface area contributed by atoms with E-state index in [1.54, 1.807) is 14.0 Å². The Bertz CT molecular complexity index is 633. The Morgan fingerprint density at radius 2 is 1.89 bits per heavy atom. The van der Waals surface area contributed by atoms with E-state index < -0.39 is 0 Å². The molecule has 0 N–H and O–H groups in total. The summed E-state index contributed by atoms with van der Waals surface area (Å²) >= 11 is 6.13. The van der Waals surface area contributed by atoms with Crippen LogP contribution in [0.4, 0.5) is 0 Å². The van der Waals surface area contributed by atoms with Gasteiger partial charge in [-0.15, -0.1) is 0 Å². The van der Waals surface area contributed by atoms with E-state index in [1.165, 1.54) is 0 Å². The van der Waals surface area contributed by atoms with Crippen molar-refractivity contribution < 1.29 is 9.53 Å². The summed E-state index contributed by atoms with van der Waals surface area (Å²) in [6, 6.07) is 11.4. The Labute approximate surface area is 118 Å². The maximum Gasteiger partial charge on any atom is 0.159 e. The van der Waals surface area contributed by atoms with Crippen LogP contribution in [0.2, 0.25) is 5.02 Å². The topological polar surface area (TPSA) is 26.3 Å². The molecular formula is C16H15ClO2. The number of ketones is 1. The van der Waals surface area contributed by atoms with Crippen molar-refractivity contribution in [3.63, 3.8) is 0 Å². The normalized spacial score (nSPS) is 10.3. The lowest BCUT2D eigenvalue weighted by molar-refractivity contribution is 0.101. The van der Waals surface area contributed by atoms with Crippen LogP contribution in [0.3, 0.4) is 0 Å². The number of benzene rings is 2. The maximum absolute atomic E-state index is 11.3. The molecule has 2 aromatic carbocycles. The number of carbonyl (C=O) groups excluding carboxylic acids is 1. The molecule has 0 saturated carbocycles. The van der Waals surface area contributed by atoms with Crippen molar-refractivity contribution in [2.24, 2.45) is 0 Å². The number of methoxy groups -OCH3 is 1. The fourth-order valence-corrected chi connectivity index (χ4v) is 2.30. The predicted molar refractivity (Wildman–Crippen MR) is 78.2 cm³/mol. The molecule has 0 unspecified atom stereocenters. The van der Waals surface area contributed by atoms with Gasteiger partial charge in [0.15, 0.2) is 5.78 Å². The van der Waals surface area contributed by atoms with Crippen molar-refractivity contribution in [3.05, 3.63) is 52.5 Å². The molecule has 2 rings (SSSR count). The van der Waals surface area contributed by atoms with Crippen LogP contribution < -0.4 is 4.74 Å². The van der Waals surface area contributed by atoms with Crippen LogP contribution in [0, 0.1) is 6.92 Å². The number of Topliss-reactive ketones (excluding diaryl/α,β-unsaturated/α-hetero) is 1. The molecule has 0 aliphatic heterocycles. The summed E-state index contributed by atoms with van der Waals surface area (Å²) in [5.74, 6) is 0.728. The molecule has 0 atom stereocenters. The largest absolute Gasteiger partial charge is 0.495 e. The van der Waals surface area contributed by atoms with Crippen LogP contribution in [-0.2, 0) is 0 Å². The Hall–Kier alpha value is -1.80. The number of hydrogen-bond acceptors (Lipinski definition) is 2. The minimum atomic E-state index is 0.0717. The van der Waals surface area contributed by atoms with E-state index in [0.29, 0.717) is 10.8 Å². The summed E-state index contributed by atoms with van der Waals surface area (Å²) in [4.78, 5) is 11.3. The van der Waals surface area contributed by atoms with E-state index in [1.807, 2.05) is 43.3 Å². The Balaban J connectivity index is 2.47. The lowest BCUT2D eigenvalue weighted by Gasteiger charge is -2.10. The van der Waals surface area contributed by atoms with Crippen LogP contribution in [0.1, 0.15) is 22.8 Å². The molecular weight excluding hydrogens is 260 g/mol. The zero-order valence-electron chi connectivity index (χ0n) is 11.2. The SMILES string of the molecule is COc1ccc(-c2ccc(C(C)=O)cc2C)cc1Cl. The molecule has 0 aromatic heterocycles. The first-order valence-corrected chi connectivity index (χ1v) is 6.36. The first-order chi connectivity index (χ1) is 9.02. The van der Waals surface area contributed by atoms with Gasteiger partial charge in [-0.2, -0.15) is 0 Å². The smallest absolute Gasteiger partial charge is 0.159 e. The van der Waals surface area contributed by atoms with Crippen molar-refractivity contribution in [1.29, 1.82) is 0 Å². The maximum atomic E-state index is 11.3. The van der Waals surface area contributed by atoms with E-state index in [4.69, 9.17) is 16.3 Å². The second kappa shape index (κ2) is 5.45.